The van der Waals surface area contributed by atoms with Gasteiger partial charge < -0.3 is 4.18 Å². The van der Waals surface area contributed by atoms with Crippen LogP contribution in [-0.2, 0) is 10.1 Å². The van der Waals surface area contributed by atoms with Crippen molar-refractivity contribution in [3.63, 3.8) is 0 Å². The fourth-order valence-electron chi connectivity index (χ4n) is 2.08. The zero-order valence-electron chi connectivity index (χ0n) is 11.7. The first kappa shape index (κ1) is 17.5. The number of hydrogen-bond acceptors (Lipinski definition) is 5. The molecular formula is C15H12BrClO3S3. The van der Waals surface area contributed by atoms with Crippen molar-refractivity contribution in [3.8, 4) is 5.75 Å². The summed E-state index contributed by atoms with van der Waals surface area (Å²) in [5, 5.41) is 0.120. The SMILES string of the molecule is O=S(=O)(Oc1ccc(C2SCCS2)cc1)c1ccc(Br)cc1Cl. The maximum absolute atomic E-state index is 12.3. The van der Waals surface area contributed by atoms with Crippen molar-refractivity contribution in [1.82, 2.24) is 0 Å². The zero-order chi connectivity index (χ0) is 16.4. The molecule has 0 radical (unpaired) electrons. The number of hydrogen-bond donors (Lipinski definition) is 0. The highest BCUT2D eigenvalue weighted by molar-refractivity contribution is 9.10. The van der Waals surface area contributed by atoms with Crippen LogP contribution in [0.1, 0.15) is 10.1 Å². The minimum atomic E-state index is -3.96. The summed E-state index contributed by atoms with van der Waals surface area (Å²) in [5.41, 5.74) is 1.17. The van der Waals surface area contributed by atoms with Crippen LogP contribution in [-0.4, -0.2) is 19.9 Å². The lowest BCUT2D eigenvalue weighted by atomic mass is 10.2. The zero-order valence-corrected chi connectivity index (χ0v) is 16.5. The van der Waals surface area contributed by atoms with Gasteiger partial charge in [0.1, 0.15) is 10.6 Å². The summed E-state index contributed by atoms with van der Waals surface area (Å²) in [6, 6.07) is 11.7. The lowest BCUT2D eigenvalue weighted by molar-refractivity contribution is 0.486. The maximum atomic E-state index is 12.3. The third-order valence-corrected chi connectivity index (χ3v) is 8.47. The van der Waals surface area contributed by atoms with Gasteiger partial charge in [-0.2, -0.15) is 8.42 Å². The van der Waals surface area contributed by atoms with Crippen LogP contribution in [0.5, 0.6) is 5.75 Å². The predicted molar refractivity (Wildman–Crippen MR) is 101 cm³/mol. The number of rotatable bonds is 4. The monoisotopic (exact) mass is 450 g/mol. The molecule has 0 unspecified atom stereocenters. The minimum Gasteiger partial charge on any atom is -0.379 e. The first-order valence-electron chi connectivity index (χ1n) is 6.68. The fourth-order valence-corrected chi connectivity index (χ4v) is 6.88. The lowest BCUT2D eigenvalue weighted by Gasteiger charge is -2.11. The van der Waals surface area contributed by atoms with Crippen LogP contribution in [0.2, 0.25) is 5.02 Å². The fraction of sp³-hybridized carbons (Fsp3) is 0.200. The minimum absolute atomic E-state index is 0.0478. The molecule has 0 N–H and O–H groups in total. The molecule has 0 saturated carbocycles. The molecule has 0 bridgehead atoms. The summed E-state index contributed by atoms with van der Waals surface area (Å²) in [7, 11) is -3.96. The lowest BCUT2D eigenvalue weighted by Crippen LogP contribution is -2.10. The molecule has 2 aromatic carbocycles. The van der Waals surface area contributed by atoms with Gasteiger partial charge in [0.05, 0.1) is 9.60 Å². The maximum Gasteiger partial charge on any atom is 0.340 e. The van der Waals surface area contributed by atoms with Crippen LogP contribution in [0, 0.1) is 0 Å². The van der Waals surface area contributed by atoms with E-state index >= 15 is 0 Å². The molecule has 23 heavy (non-hydrogen) atoms. The van der Waals surface area contributed by atoms with E-state index in [0.29, 0.717) is 9.05 Å². The van der Waals surface area contributed by atoms with Crippen LogP contribution in [0.15, 0.2) is 51.8 Å². The van der Waals surface area contributed by atoms with E-state index in [1.165, 1.54) is 17.7 Å². The molecule has 8 heteroatoms. The van der Waals surface area contributed by atoms with Crippen LogP contribution in [0.3, 0.4) is 0 Å². The van der Waals surface area contributed by atoms with Crippen molar-refractivity contribution < 1.29 is 12.6 Å². The highest BCUT2D eigenvalue weighted by Crippen LogP contribution is 2.45. The van der Waals surface area contributed by atoms with Gasteiger partial charge in [0.2, 0.25) is 0 Å². The second kappa shape index (κ2) is 7.27. The number of benzene rings is 2. The van der Waals surface area contributed by atoms with Gasteiger partial charge >= 0.3 is 10.1 Å². The van der Waals surface area contributed by atoms with Crippen LogP contribution in [0.25, 0.3) is 0 Å². The number of thioether (sulfide) groups is 2. The molecule has 0 amide bonds. The normalized spacial score (nSPS) is 15.7. The van der Waals surface area contributed by atoms with Crippen molar-refractivity contribution in [3.05, 3.63) is 57.5 Å². The molecule has 1 saturated heterocycles. The van der Waals surface area contributed by atoms with Crippen LogP contribution >= 0.6 is 51.1 Å². The Balaban J connectivity index is 1.80. The quantitative estimate of drug-likeness (QED) is 0.586. The highest BCUT2D eigenvalue weighted by Gasteiger charge is 2.22. The van der Waals surface area contributed by atoms with Gasteiger partial charge in [0.25, 0.3) is 0 Å². The average Bonchev–Trinajstić information content (AvgIpc) is 3.01. The summed E-state index contributed by atoms with van der Waals surface area (Å²) >= 11 is 13.0. The molecule has 0 aromatic heterocycles. The second-order valence-electron chi connectivity index (χ2n) is 4.75. The standard InChI is InChI=1S/C15H12BrClO3S3/c16-11-3-6-14(13(17)9-11)23(18,19)20-12-4-1-10(2-5-12)15-21-7-8-22-15/h1-6,9,15H,7-8H2. The predicted octanol–water partition coefficient (Wildman–Crippen LogP) is 5.35. The van der Waals surface area contributed by atoms with Crippen molar-refractivity contribution in [2.24, 2.45) is 0 Å². The Bertz CT molecular complexity index is 803. The van der Waals surface area contributed by atoms with Gasteiger partial charge in [-0.25, -0.2) is 0 Å². The van der Waals surface area contributed by atoms with Gasteiger partial charge in [-0.3, -0.25) is 0 Å². The molecule has 3 nitrogen and oxygen atoms in total. The summed E-state index contributed by atoms with van der Waals surface area (Å²) in [4.78, 5) is -0.0478. The van der Waals surface area contributed by atoms with Crippen molar-refractivity contribution in [1.29, 1.82) is 0 Å². The Labute approximate surface area is 157 Å². The molecule has 3 rings (SSSR count). The van der Waals surface area contributed by atoms with Crippen molar-refractivity contribution >= 4 is 61.2 Å². The first-order chi connectivity index (χ1) is 11.0. The Morgan fingerprint density at radius 2 is 1.74 bits per heavy atom. The van der Waals surface area contributed by atoms with E-state index in [1.807, 2.05) is 35.7 Å². The highest BCUT2D eigenvalue weighted by atomic mass is 79.9. The summed E-state index contributed by atoms with van der Waals surface area (Å²) in [6.45, 7) is 0. The largest absolute Gasteiger partial charge is 0.379 e. The van der Waals surface area contributed by atoms with E-state index in [2.05, 4.69) is 15.9 Å². The Kier molecular flexibility index (Phi) is 5.53. The van der Waals surface area contributed by atoms with Gasteiger partial charge in [-0.1, -0.05) is 39.7 Å². The summed E-state index contributed by atoms with van der Waals surface area (Å²) < 4.78 is 31.0. The molecular weight excluding hydrogens is 440 g/mol. The van der Waals surface area contributed by atoms with E-state index in [4.69, 9.17) is 15.8 Å². The van der Waals surface area contributed by atoms with Gasteiger partial charge in [0, 0.05) is 16.0 Å². The molecule has 1 heterocycles. The van der Waals surface area contributed by atoms with E-state index < -0.39 is 10.1 Å². The Morgan fingerprint density at radius 1 is 1.09 bits per heavy atom. The van der Waals surface area contributed by atoms with E-state index in [1.54, 1.807) is 18.2 Å². The Morgan fingerprint density at radius 3 is 2.35 bits per heavy atom. The topological polar surface area (TPSA) is 43.4 Å². The molecule has 122 valence electrons. The van der Waals surface area contributed by atoms with Gasteiger partial charge in [-0.15, -0.1) is 23.5 Å². The second-order valence-corrected chi connectivity index (χ2v) is 10.3. The molecule has 0 aliphatic carbocycles. The van der Waals surface area contributed by atoms with Crippen molar-refractivity contribution in [2.75, 3.05) is 11.5 Å². The average molecular weight is 452 g/mol. The van der Waals surface area contributed by atoms with Gasteiger partial charge in [0.15, 0.2) is 0 Å². The summed E-state index contributed by atoms with van der Waals surface area (Å²) in [6.07, 6.45) is 0. The van der Waals surface area contributed by atoms with Crippen LogP contribution < -0.4 is 4.18 Å². The molecule has 1 fully saturated rings. The third kappa shape index (κ3) is 4.20. The van der Waals surface area contributed by atoms with E-state index in [9.17, 15) is 8.42 Å². The van der Waals surface area contributed by atoms with E-state index in [-0.39, 0.29) is 15.7 Å². The van der Waals surface area contributed by atoms with Crippen LogP contribution in [0.4, 0.5) is 0 Å². The smallest absolute Gasteiger partial charge is 0.340 e. The molecule has 1 aliphatic rings. The molecule has 1 aliphatic heterocycles. The van der Waals surface area contributed by atoms with Gasteiger partial charge in [-0.05, 0) is 35.9 Å². The first-order valence-corrected chi connectivity index (χ1v) is 11.4. The Hall–Kier alpha value is -0.340. The van der Waals surface area contributed by atoms with Crippen molar-refractivity contribution in [2.45, 2.75) is 9.48 Å². The molecule has 0 atom stereocenters. The third-order valence-electron chi connectivity index (χ3n) is 3.14. The molecule has 2 aromatic rings. The van der Waals surface area contributed by atoms with E-state index in [0.717, 1.165) is 11.5 Å². The number of halogens is 2. The molecule has 0 spiro atoms. The summed E-state index contributed by atoms with van der Waals surface area (Å²) in [5.74, 6) is 2.56.